The molecule has 2 fully saturated rings. The van der Waals surface area contributed by atoms with Crippen molar-refractivity contribution in [3.8, 4) is 0 Å². The van der Waals surface area contributed by atoms with Gasteiger partial charge in [-0.3, -0.25) is 0 Å². The first-order chi connectivity index (χ1) is 7.86. The zero-order chi connectivity index (χ0) is 11.0. The van der Waals surface area contributed by atoms with Crippen LogP contribution in [0, 0.1) is 11.8 Å². The zero-order valence-corrected chi connectivity index (χ0v) is 9.47. The summed E-state index contributed by atoms with van der Waals surface area (Å²) < 4.78 is 0. The molecule has 0 bridgehead atoms. The van der Waals surface area contributed by atoms with E-state index in [2.05, 4.69) is 14.9 Å². The molecule has 2 N–H and O–H groups in total. The molecule has 0 aromatic carbocycles. The van der Waals surface area contributed by atoms with Crippen LogP contribution in [0.15, 0.2) is 12.4 Å². The zero-order valence-electron chi connectivity index (χ0n) is 9.47. The molecule has 1 aromatic rings. The normalized spacial score (nSPS) is 28.4. The minimum atomic E-state index is 0.519. The first-order valence-electron chi connectivity index (χ1n) is 6.13. The molecule has 1 aliphatic carbocycles. The molecule has 4 nitrogen and oxygen atoms in total. The largest absolute Gasteiger partial charge is 0.340 e. The quantitative estimate of drug-likeness (QED) is 0.809. The molecule has 2 aliphatic rings. The van der Waals surface area contributed by atoms with E-state index >= 15 is 0 Å². The van der Waals surface area contributed by atoms with Crippen molar-refractivity contribution >= 4 is 5.95 Å². The van der Waals surface area contributed by atoms with E-state index in [-0.39, 0.29) is 0 Å². The van der Waals surface area contributed by atoms with Gasteiger partial charge in [-0.15, -0.1) is 0 Å². The Kier molecular flexibility index (Phi) is 2.52. The lowest BCUT2D eigenvalue weighted by Crippen LogP contribution is -2.23. The van der Waals surface area contributed by atoms with Gasteiger partial charge in [0.1, 0.15) is 0 Å². The van der Waals surface area contributed by atoms with E-state index in [9.17, 15) is 0 Å². The number of aromatic nitrogens is 2. The van der Waals surface area contributed by atoms with Crippen LogP contribution in [0.1, 0.15) is 24.8 Å². The number of hydrogen-bond acceptors (Lipinski definition) is 4. The molecular weight excluding hydrogens is 200 g/mol. The topological polar surface area (TPSA) is 55.0 Å². The number of nitrogens with zero attached hydrogens (tertiary/aromatic N) is 3. The Labute approximate surface area is 95.9 Å². The van der Waals surface area contributed by atoms with Crippen molar-refractivity contribution in [1.82, 2.24) is 9.97 Å². The summed E-state index contributed by atoms with van der Waals surface area (Å²) in [6, 6.07) is 0. The molecular formula is C12H18N4. The SMILES string of the molecule is NCc1cnc(N2CC3CCCC3C2)nc1. The highest BCUT2D eigenvalue weighted by atomic mass is 15.3. The lowest BCUT2D eigenvalue weighted by molar-refractivity contribution is 0.494. The first kappa shape index (κ1) is 10.0. The summed E-state index contributed by atoms with van der Waals surface area (Å²) in [6.07, 6.45) is 7.88. The van der Waals surface area contributed by atoms with Crippen LogP contribution in [0.2, 0.25) is 0 Å². The van der Waals surface area contributed by atoms with Crippen LogP contribution in [-0.4, -0.2) is 23.1 Å². The van der Waals surface area contributed by atoms with E-state index in [0.717, 1.165) is 36.4 Å². The summed E-state index contributed by atoms with van der Waals surface area (Å²) in [5.74, 6) is 2.65. The Hall–Kier alpha value is -1.16. The molecule has 1 aromatic heterocycles. The van der Waals surface area contributed by atoms with Crippen LogP contribution in [-0.2, 0) is 6.54 Å². The van der Waals surface area contributed by atoms with Gasteiger partial charge in [0, 0.05) is 37.6 Å². The Morgan fingerprint density at radius 2 is 1.81 bits per heavy atom. The molecule has 1 saturated heterocycles. The van der Waals surface area contributed by atoms with Crippen molar-refractivity contribution in [3.63, 3.8) is 0 Å². The van der Waals surface area contributed by atoms with Crippen molar-refractivity contribution in [2.45, 2.75) is 25.8 Å². The fourth-order valence-electron chi connectivity index (χ4n) is 3.02. The third kappa shape index (κ3) is 1.67. The van der Waals surface area contributed by atoms with Crippen LogP contribution in [0.4, 0.5) is 5.95 Å². The number of fused-ring (bicyclic) bond motifs is 1. The van der Waals surface area contributed by atoms with Gasteiger partial charge in [0.15, 0.2) is 0 Å². The van der Waals surface area contributed by atoms with Gasteiger partial charge in [-0.2, -0.15) is 0 Å². The second kappa shape index (κ2) is 4.01. The molecule has 16 heavy (non-hydrogen) atoms. The minimum Gasteiger partial charge on any atom is -0.340 e. The lowest BCUT2D eigenvalue weighted by atomic mass is 10.0. The molecule has 2 heterocycles. The van der Waals surface area contributed by atoms with E-state index in [0.29, 0.717) is 6.54 Å². The Balaban J connectivity index is 1.73. The van der Waals surface area contributed by atoms with Crippen molar-refractivity contribution in [2.24, 2.45) is 17.6 Å². The van der Waals surface area contributed by atoms with Crippen LogP contribution in [0.25, 0.3) is 0 Å². The maximum Gasteiger partial charge on any atom is 0.225 e. The summed E-state index contributed by atoms with van der Waals surface area (Å²) in [6.45, 7) is 2.81. The minimum absolute atomic E-state index is 0.519. The van der Waals surface area contributed by atoms with Gasteiger partial charge in [-0.05, 0) is 24.7 Å². The highest BCUT2D eigenvalue weighted by Crippen LogP contribution is 2.38. The van der Waals surface area contributed by atoms with Crippen LogP contribution < -0.4 is 10.6 Å². The van der Waals surface area contributed by atoms with Crippen molar-refractivity contribution in [1.29, 1.82) is 0 Å². The average Bonchev–Trinajstić information content (AvgIpc) is 2.89. The maximum absolute atomic E-state index is 5.53. The molecule has 0 radical (unpaired) electrons. The number of nitrogens with two attached hydrogens (primary N) is 1. The Morgan fingerprint density at radius 1 is 1.19 bits per heavy atom. The second-order valence-corrected chi connectivity index (χ2v) is 4.95. The van der Waals surface area contributed by atoms with Crippen molar-refractivity contribution in [3.05, 3.63) is 18.0 Å². The predicted octanol–water partition coefficient (Wildman–Crippen LogP) is 1.17. The Bertz CT molecular complexity index is 350. The fraction of sp³-hybridized carbons (Fsp3) is 0.667. The van der Waals surface area contributed by atoms with Gasteiger partial charge < -0.3 is 10.6 Å². The van der Waals surface area contributed by atoms with Gasteiger partial charge in [0.25, 0.3) is 0 Å². The first-order valence-corrected chi connectivity index (χ1v) is 6.13. The van der Waals surface area contributed by atoms with E-state index < -0.39 is 0 Å². The predicted molar refractivity (Wildman–Crippen MR) is 63.0 cm³/mol. The summed E-state index contributed by atoms with van der Waals surface area (Å²) in [5, 5.41) is 0. The van der Waals surface area contributed by atoms with Crippen molar-refractivity contribution in [2.75, 3.05) is 18.0 Å². The molecule has 1 aliphatic heterocycles. The van der Waals surface area contributed by atoms with E-state index in [1.807, 2.05) is 12.4 Å². The number of anilines is 1. The molecule has 0 spiro atoms. The van der Waals surface area contributed by atoms with Gasteiger partial charge in [0.05, 0.1) is 0 Å². The highest BCUT2D eigenvalue weighted by molar-refractivity contribution is 5.32. The van der Waals surface area contributed by atoms with Gasteiger partial charge in [0.2, 0.25) is 5.95 Å². The highest BCUT2D eigenvalue weighted by Gasteiger charge is 2.36. The summed E-state index contributed by atoms with van der Waals surface area (Å²) in [7, 11) is 0. The molecule has 0 amide bonds. The summed E-state index contributed by atoms with van der Waals surface area (Å²) in [5.41, 5.74) is 6.54. The van der Waals surface area contributed by atoms with Gasteiger partial charge in [-0.25, -0.2) is 9.97 Å². The van der Waals surface area contributed by atoms with Crippen LogP contribution in [0.5, 0.6) is 0 Å². The van der Waals surface area contributed by atoms with Gasteiger partial charge in [-0.1, -0.05) is 6.42 Å². The van der Waals surface area contributed by atoms with Crippen molar-refractivity contribution < 1.29 is 0 Å². The smallest absolute Gasteiger partial charge is 0.225 e. The lowest BCUT2D eigenvalue weighted by Gasteiger charge is -2.16. The fourth-order valence-corrected chi connectivity index (χ4v) is 3.02. The molecule has 2 atom stereocenters. The summed E-state index contributed by atoms with van der Waals surface area (Å²) >= 11 is 0. The standard InChI is InChI=1S/C12H18N4/c13-4-9-5-14-12(15-6-9)16-7-10-2-1-3-11(10)8-16/h5-6,10-11H,1-4,7-8,13H2. The number of rotatable bonds is 2. The third-order valence-electron chi connectivity index (χ3n) is 3.94. The van der Waals surface area contributed by atoms with E-state index in [4.69, 9.17) is 5.73 Å². The summed E-state index contributed by atoms with van der Waals surface area (Å²) in [4.78, 5) is 11.1. The molecule has 4 heteroatoms. The molecule has 86 valence electrons. The van der Waals surface area contributed by atoms with Crippen LogP contribution >= 0.6 is 0 Å². The third-order valence-corrected chi connectivity index (χ3v) is 3.94. The van der Waals surface area contributed by atoms with E-state index in [1.54, 1.807) is 0 Å². The Morgan fingerprint density at radius 3 is 2.38 bits per heavy atom. The molecule has 1 saturated carbocycles. The molecule has 2 unspecified atom stereocenters. The van der Waals surface area contributed by atoms with Gasteiger partial charge >= 0.3 is 0 Å². The monoisotopic (exact) mass is 218 g/mol. The molecule has 3 rings (SSSR count). The van der Waals surface area contributed by atoms with E-state index in [1.165, 1.54) is 19.3 Å². The maximum atomic E-state index is 5.53. The number of hydrogen-bond donors (Lipinski definition) is 1. The van der Waals surface area contributed by atoms with Crippen LogP contribution in [0.3, 0.4) is 0 Å². The average molecular weight is 218 g/mol. The second-order valence-electron chi connectivity index (χ2n) is 4.95.